The summed E-state index contributed by atoms with van der Waals surface area (Å²) < 4.78 is 5.75. The predicted octanol–water partition coefficient (Wildman–Crippen LogP) is 5.47. The first-order valence-corrected chi connectivity index (χ1v) is 12.1. The van der Waals surface area contributed by atoms with E-state index < -0.39 is 0 Å². The number of carbonyl (C=O) groups is 2. The van der Waals surface area contributed by atoms with Crippen LogP contribution < -0.4 is 19.9 Å². The normalized spacial score (nSPS) is 16.0. The van der Waals surface area contributed by atoms with Gasteiger partial charge in [-0.25, -0.2) is 4.90 Å². The van der Waals surface area contributed by atoms with Crippen LogP contribution in [0.2, 0.25) is 0 Å². The lowest BCUT2D eigenvalue weighted by atomic mass is 10.0. The van der Waals surface area contributed by atoms with Crippen LogP contribution in [-0.2, 0) is 9.59 Å². The number of amides is 2. The zero-order valence-corrected chi connectivity index (χ0v) is 20.0. The van der Waals surface area contributed by atoms with E-state index >= 15 is 0 Å². The molecule has 35 heavy (non-hydrogen) atoms. The largest absolute Gasteiger partial charge is 0.491 e. The Bertz CT molecular complexity index is 1240. The summed E-state index contributed by atoms with van der Waals surface area (Å²) in [7, 11) is 0. The van der Waals surface area contributed by atoms with E-state index in [0.29, 0.717) is 22.6 Å². The molecule has 5 rings (SSSR count). The maximum Gasteiger partial charge on any atom is 0.282 e. The molecule has 2 heterocycles. The summed E-state index contributed by atoms with van der Waals surface area (Å²) in [6.07, 6.45) is 2.47. The number of hydrogen-bond donors (Lipinski definition) is 1. The fourth-order valence-electron chi connectivity index (χ4n) is 4.57. The SMILES string of the molecule is CC(C)Oc1ccc(C2=C(Nc3ccc(N4CCCC4)cc3)C(=O)N(c3ccccc3)C2=O)cc1. The molecule has 2 aliphatic heterocycles. The van der Waals surface area contributed by atoms with Crippen molar-refractivity contribution in [3.63, 3.8) is 0 Å². The van der Waals surface area contributed by atoms with Gasteiger partial charge in [0.05, 0.1) is 17.4 Å². The molecule has 3 aromatic rings. The number of carbonyl (C=O) groups excluding carboxylic acids is 2. The van der Waals surface area contributed by atoms with Gasteiger partial charge in [0.15, 0.2) is 0 Å². The van der Waals surface area contributed by atoms with Crippen LogP contribution in [0.4, 0.5) is 17.1 Å². The molecule has 0 aromatic heterocycles. The maximum absolute atomic E-state index is 13.6. The highest BCUT2D eigenvalue weighted by molar-refractivity contribution is 6.46. The molecule has 6 heteroatoms. The second kappa shape index (κ2) is 9.66. The predicted molar refractivity (Wildman–Crippen MR) is 140 cm³/mol. The Morgan fingerprint density at radius 1 is 0.771 bits per heavy atom. The molecule has 1 saturated heterocycles. The van der Waals surface area contributed by atoms with E-state index in [4.69, 9.17) is 4.74 Å². The highest BCUT2D eigenvalue weighted by Gasteiger charge is 2.40. The third kappa shape index (κ3) is 4.64. The molecule has 2 aliphatic rings. The lowest BCUT2D eigenvalue weighted by molar-refractivity contribution is -0.120. The molecule has 0 atom stereocenters. The molecule has 0 radical (unpaired) electrons. The molecule has 6 nitrogen and oxygen atoms in total. The minimum atomic E-state index is -0.373. The second-order valence-corrected chi connectivity index (χ2v) is 9.09. The monoisotopic (exact) mass is 467 g/mol. The van der Waals surface area contributed by atoms with Gasteiger partial charge in [0, 0.05) is 24.5 Å². The number of nitrogens with one attached hydrogen (secondary N) is 1. The molecule has 2 amide bonds. The van der Waals surface area contributed by atoms with Gasteiger partial charge in [-0.2, -0.15) is 0 Å². The molecule has 0 saturated carbocycles. The average Bonchev–Trinajstić information content (AvgIpc) is 3.48. The van der Waals surface area contributed by atoms with Crippen molar-refractivity contribution in [3.8, 4) is 5.75 Å². The quantitative estimate of drug-likeness (QED) is 0.467. The molecule has 178 valence electrons. The molecule has 0 spiro atoms. The van der Waals surface area contributed by atoms with Crippen LogP contribution in [0.25, 0.3) is 5.57 Å². The van der Waals surface area contributed by atoms with Crippen LogP contribution in [0, 0.1) is 0 Å². The fraction of sp³-hybridized carbons (Fsp3) is 0.241. The lowest BCUT2D eigenvalue weighted by Crippen LogP contribution is -2.32. The van der Waals surface area contributed by atoms with Crippen molar-refractivity contribution in [3.05, 3.63) is 90.1 Å². The van der Waals surface area contributed by atoms with Crippen molar-refractivity contribution in [1.82, 2.24) is 0 Å². The smallest absolute Gasteiger partial charge is 0.282 e. The Balaban J connectivity index is 1.49. The standard InChI is InChI=1S/C29H29N3O3/c1-20(2)35-25-16-10-21(11-17-25)26-27(29(34)32(28(26)33)24-8-4-3-5-9-24)30-22-12-14-23(15-13-22)31-18-6-7-19-31/h3-5,8-17,20,30H,6-7,18-19H2,1-2H3. The third-order valence-electron chi connectivity index (χ3n) is 6.22. The maximum atomic E-state index is 13.6. The summed E-state index contributed by atoms with van der Waals surface area (Å²) in [6, 6.07) is 24.4. The summed E-state index contributed by atoms with van der Waals surface area (Å²) >= 11 is 0. The number of ether oxygens (including phenoxy) is 1. The number of hydrogen-bond acceptors (Lipinski definition) is 5. The Morgan fingerprint density at radius 2 is 1.43 bits per heavy atom. The van der Waals surface area contributed by atoms with E-state index in [0.717, 1.165) is 18.8 Å². The first kappa shape index (κ1) is 22.7. The van der Waals surface area contributed by atoms with E-state index in [1.54, 1.807) is 12.1 Å². The van der Waals surface area contributed by atoms with E-state index in [1.807, 2.05) is 68.4 Å². The minimum Gasteiger partial charge on any atom is -0.491 e. The number of anilines is 3. The lowest BCUT2D eigenvalue weighted by Gasteiger charge is -2.18. The van der Waals surface area contributed by atoms with E-state index in [1.165, 1.54) is 23.4 Å². The number of imide groups is 1. The van der Waals surface area contributed by atoms with Crippen molar-refractivity contribution in [2.24, 2.45) is 0 Å². The van der Waals surface area contributed by atoms with Gasteiger partial charge >= 0.3 is 0 Å². The van der Waals surface area contributed by atoms with E-state index in [-0.39, 0.29) is 23.6 Å². The van der Waals surface area contributed by atoms with Crippen LogP contribution in [0.1, 0.15) is 32.3 Å². The summed E-state index contributed by atoms with van der Waals surface area (Å²) in [5.41, 5.74) is 3.75. The second-order valence-electron chi connectivity index (χ2n) is 9.09. The molecule has 0 bridgehead atoms. The zero-order valence-electron chi connectivity index (χ0n) is 20.0. The van der Waals surface area contributed by atoms with Gasteiger partial charge in [0.2, 0.25) is 0 Å². The molecular weight excluding hydrogens is 438 g/mol. The molecular formula is C29H29N3O3. The summed E-state index contributed by atoms with van der Waals surface area (Å²) in [5.74, 6) is -0.00899. The fourth-order valence-corrected chi connectivity index (χ4v) is 4.57. The van der Waals surface area contributed by atoms with Gasteiger partial charge in [-0.05, 0) is 80.8 Å². The summed E-state index contributed by atoms with van der Waals surface area (Å²) in [5, 5.41) is 3.25. The molecule has 0 unspecified atom stereocenters. The van der Waals surface area contributed by atoms with E-state index in [2.05, 4.69) is 22.3 Å². The van der Waals surface area contributed by atoms with Crippen molar-refractivity contribution < 1.29 is 14.3 Å². The topological polar surface area (TPSA) is 61.9 Å². The highest BCUT2D eigenvalue weighted by Crippen LogP contribution is 2.34. The first-order chi connectivity index (χ1) is 17.0. The van der Waals surface area contributed by atoms with Crippen LogP contribution in [0.3, 0.4) is 0 Å². The van der Waals surface area contributed by atoms with Crippen molar-refractivity contribution in [1.29, 1.82) is 0 Å². The van der Waals surface area contributed by atoms with Gasteiger partial charge in [-0.15, -0.1) is 0 Å². The third-order valence-corrected chi connectivity index (χ3v) is 6.22. The number of para-hydroxylation sites is 1. The number of benzene rings is 3. The molecule has 3 aromatic carbocycles. The Hall–Kier alpha value is -4.06. The Labute approximate surface area is 205 Å². The Morgan fingerprint density at radius 3 is 2.06 bits per heavy atom. The van der Waals surface area contributed by atoms with Crippen LogP contribution in [0.15, 0.2) is 84.6 Å². The summed E-state index contributed by atoms with van der Waals surface area (Å²) in [6.45, 7) is 6.06. The average molecular weight is 468 g/mol. The van der Waals surface area contributed by atoms with Gasteiger partial charge < -0.3 is 15.0 Å². The van der Waals surface area contributed by atoms with Gasteiger partial charge in [-0.3, -0.25) is 9.59 Å². The highest BCUT2D eigenvalue weighted by atomic mass is 16.5. The van der Waals surface area contributed by atoms with Crippen LogP contribution >= 0.6 is 0 Å². The van der Waals surface area contributed by atoms with Gasteiger partial charge in [0.1, 0.15) is 11.4 Å². The molecule has 0 aliphatic carbocycles. The van der Waals surface area contributed by atoms with Crippen LogP contribution in [0.5, 0.6) is 5.75 Å². The number of nitrogens with zero attached hydrogens (tertiary/aromatic N) is 2. The minimum absolute atomic E-state index is 0.0455. The van der Waals surface area contributed by atoms with Crippen molar-refractivity contribution in [2.75, 3.05) is 28.2 Å². The van der Waals surface area contributed by atoms with Crippen molar-refractivity contribution in [2.45, 2.75) is 32.8 Å². The van der Waals surface area contributed by atoms with Gasteiger partial charge in [-0.1, -0.05) is 30.3 Å². The van der Waals surface area contributed by atoms with Crippen molar-refractivity contribution >= 4 is 34.4 Å². The first-order valence-electron chi connectivity index (χ1n) is 12.1. The molecule has 1 N–H and O–H groups in total. The molecule has 1 fully saturated rings. The van der Waals surface area contributed by atoms with Crippen LogP contribution in [-0.4, -0.2) is 31.0 Å². The van der Waals surface area contributed by atoms with E-state index in [9.17, 15) is 9.59 Å². The van der Waals surface area contributed by atoms with Gasteiger partial charge in [0.25, 0.3) is 11.8 Å². The number of rotatable bonds is 7. The zero-order chi connectivity index (χ0) is 24.4. The Kier molecular flexibility index (Phi) is 6.27. The summed E-state index contributed by atoms with van der Waals surface area (Å²) in [4.78, 5) is 30.7.